The Morgan fingerprint density at radius 3 is 2.76 bits per heavy atom. The van der Waals surface area contributed by atoms with Crippen LogP contribution in [-0.2, 0) is 13.6 Å². The Hall–Kier alpha value is -1.04. The Labute approximate surface area is 109 Å². The maximum atomic E-state index is 5.99. The van der Waals surface area contributed by atoms with Gasteiger partial charge in [-0.25, -0.2) is 0 Å². The summed E-state index contributed by atoms with van der Waals surface area (Å²) in [5.41, 5.74) is 6.75. The number of nitrogens with two attached hydrogens (primary N) is 1. The van der Waals surface area contributed by atoms with Gasteiger partial charge >= 0.3 is 0 Å². The summed E-state index contributed by atoms with van der Waals surface area (Å²) in [7, 11) is 1.93. The Morgan fingerprint density at radius 2 is 2.18 bits per heavy atom. The van der Waals surface area contributed by atoms with Crippen molar-refractivity contribution in [3.8, 4) is 0 Å². The van der Waals surface area contributed by atoms with Crippen LogP contribution in [0.4, 0.5) is 0 Å². The first-order valence-electron chi connectivity index (χ1n) is 5.14. The van der Waals surface area contributed by atoms with Crippen molar-refractivity contribution in [1.82, 2.24) is 14.8 Å². The van der Waals surface area contributed by atoms with Gasteiger partial charge < -0.3 is 10.3 Å². The third-order valence-corrected chi connectivity index (χ3v) is 3.88. The van der Waals surface area contributed by atoms with E-state index in [1.54, 1.807) is 0 Å². The third-order valence-electron chi connectivity index (χ3n) is 2.50. The minimum Gasteiger partial charge on any atom is -0.326 e. The molecule has 4 nitrogen and oxygen atoms in total. The Kier molecular flexibility index (Phi) is 3.71. The molecule has 90 valence electrons. The van der Waals surface area contributed by atoms with Crippen molar-refractivity contribution in [3.63, 3.8) is 0 Å². The molecule has 0 fully saturated rings. The second kappa shape index (κ2) is 5.08. The van der Waals surface area contributed by atoms with Gasteiger partial charge in [-0.1, -0.05) is 17.7 Å². The number of aromatic nitrogens is 3. The zero-order valence-electron chi connectivity index (χ0n) is 9.64. The van der Waals surface area contributed by atoms with Crippen LogP contribution in [0.1, 0.15) is 11.4 Å². The van der Waals surface area contributed by atoms with E-state index in [4.69, 9.17) is 17.3 Å². The quantitative estimate of drug-likeness (QED) is 0.929. The molecule has 0 amide bonds. The molecule has 2 aromatic rings. The van der Waals surface area contributed by atoms with Gasteiger partial charge in [-0.05, 0) is 36.4 Å². The average Bonchev–Trinajstić information content (AvgIpc) is 2.61. The van der Waals surface area contributed by atoms with Crippen LogP contribution in [0.5, 0.6) is 0 Å². The highest BCUT2D eigenvalue weighted by atomic mass is 35.5. The van der Waals surface area contributed by atoms with Gasteiger partial charge in [0.05, 0.1) is 0 Å². The lowest BCUT2D eigenvalue weighted by Gasteiger charge is -2.07. The number of hydrogen-bond acceptors (Lipinski definition) is 4. The van der Waals surface area contributed by atoms with Crippen LogP contribution in [0, 0.1) is 6.92 Å². The maximum Gasteiger partial charge on any atom is 0.195 e. The van der Waals surface area contributed by atoms with Crippen molar-refractivity contribution in [2.75, 3.05) is 0 Å². The summed E-state index contributed by atoms with van der Waals surface area (Å²) >= 11 is 7.51. The SMILES string of the molecule is Cc1nnc(Sc2cc(Cl)ccc2CN)n1C. The maximum absolute atomic E-state index is 5.99. The molecule has 0 atom stereocenters. The van der Waals surface area contributed by atoms with Crippen LogP contribution in [0.3, 0.4) is 0 Å². The summed E-state index contributed by atoms with van der Waals surface area (Å²) in [6.07, 6.45) is 0. The van der Waals surface area contributed by atoms with Crippen molar-refractivity contribution in [3.05, 3.63) is 34.6 Å². The number of rotatable bonds is 3. The Morgan fingerprint density at radius 1 is 1.41 bits per heavy atom. The van der Waals surface area contributed by atoms with E-state index < -0.39 is 0 Å². The van der Waals surface area contributed by atoms with E-state index in [0.29, 0.717) is 11.6 Å². The van der Waals surface area contributed by atoms with Gasteiger partial charge in [-0.3, -0.25) is 0 Å². The standard InChI is InChI=1S/C11H13ClN4S/c1-7-14-15-11(16(7)2)17-10-5-9(12)4-3-8(10)6-13/h3-5H,6,13H2,1-2H3. The first-order valence-corrected chi connectivity index (χ1v) is 6.33. The lowest BCUT2D eigenvalue weighted by Crippen LogP contribution is -1.99. The first kappa shape index (κ1) is 12.4. The zero-order valence-corrected chi connectivity index (χ0v) is 11.2. The van der Waals surface area contributed by atoms with Gasteiger partial charge in [0.1, 0.15) is 5.82 Å². The molecule has 0 unspecified atom stereocenters. The second-order valence-corrected chi connectivity index (χ2v) is 5.09. The van der Waals surface area contributed by atoms with Gasteiger partial charge in [0.2, 0.25) is 0 Å². The van der Waals surface area contributed by atoms with E-state index in [-0.39, 0.29) is 0 Å². The number of benzene rings is 1. The fraction of sp³-hybridized carbons (Fsp3) is 0.273. The average molecular weight is 269 g/mol. The molecule has 17 heavy (non-hydrogen) atoms. The summed E-state index contributed by atoms with van der Waals surface area (Å²) in [6.45, 7) is 2.40. The molecule has 0 aliphatic carbocycles. The highest BCUT2D eigenvalue weighted by Crippen LogP contribution is 2.31. The molecule has 0 aliphatic heterocycles. The van der Waals surface area contributed by atoms with E-state index in [1.807, 2.05) is 36.7 Å². The van der Waals surface area contributed by atoms with Gasteiger partial charge in [0.15, 0.2) is 5.16 Å². The number of hydrogen-bond donors (Lipinski definition) is 1. The molecular weight excluding hydrogens is 256 g/mol. The van der Waals surface area contributed by atoms with Crippen LogP contribution >= 0.6 is 23.4 Å². The summed E-state index contributed by atoms with van der Waals surface area (Å²) in [5.74, 6) is 0.879. The molecule has 0 spiro atoms. The van der Waals surface area contributed by atoms with Crippen LogP contribution < -0.4 is 5.73 Å². The van der Waals surface area contributed by atoms with Crippen molar-refractivity contribution in [1.29, 1.82) is 0 Å². The predicted molar refractivity (Wildman–Crippen MR) is 69.2 cm³/mol. The normalized spacial score (nSPS) is 10.8. The fourth-order valence-electron chi connectivity index (χ4n) is 1.37. The number of halogens is 1. The zero-order chi connectivity index (χ0) is 12.4. The van der Waals surface area contributed by atoms with Gasteiger partial charge in [0.25, 0.3) is 0 Å². The molecule has 6 heteroatoms. The Balaban J connectivity index is 2.35. The minimum absolute atomic E-state index is 0.482. The molecule has 2 N–H and O–H groups in total. The van der Waals surface area contributed by atoms with E-state index in [0.717, 1.165) is 21.4 Å². The summed E-state index contributed by atoms with van der Waals surface area (Å²) in [6, 6.07) is 5.68. The minimum atomic E-state index is 0.482. The molecular formula is C11H13ClN4S. The van der Waals surface area contributed by atoms with Crippen LogP contribution in [0.15, 0.2) is 28.3 Å². The molecule has 1 aromatic carbocycles. The lowest BCUT2D eigenvalue weighted by atomic mass is 10.2. The molecule has 0 radical (unpaired) electrons. The second-order valence-electron chi connectivity index (χ2n) is 3.65. The predicted octanol–water partition coefficient (Wildman–Crippen LogP) is 2.39. The molecule has 0 bridgehead atoms. The first-order chi connectivity index (χ1) is 8.11. The molecule has 0 saturated carbocycles. The van der Waals surface area contributed by atoms with Crippen LogP contribution in [-0.4, -0.2) is 14.8 Å². The van der Waals surface area contributed by atoms with Crippen molar-refractivity contribution >= 4 is 23.4 Å². The highest BCUT2D eigenvalue weighted by molar-refractivity contribution is 7.99. The van der Waals surface area contributed by atoms with Crippen LogP contribution in [0.2, 0.25) is 5.02 Å². The summed E-state index contributed by atoms with van der Waals surface area (Å²) < 4.78 is 1.94. The third kappa shape index (κ3) is 2.62. The molecule has 0 saturated heterocycles. The number of nitrogens with zero attached hydrogens (tertiary/aromatic N) is 3. The Bertz CT molecular complexity index is 538. The molecule has 0 aliphatic rings. The van der Waals surface area contributed by atoms with Gasteiger partial charge in [-0.15, -0.1) is 10.2 Å². The van der Waals surface area contributed by atoms with Crippen molar-refractivity contribution < 1.29 is 0 Å². The lowest BCUT2D eigenvalue weighted by molar-refractivity contribution is 0.765. The smallest absolute Gasteiger partial charge is 0.195 e. The topological polar surface area (TPSA) is 56.7 Å². The monoisotopic (exact) mass is 268 g/mol. The van der Waals surface area contributed by atoms with Crippen molar-refractivity contribution in [2.24, 2.45) is 12.8 Å². The van der Waals surface area contributed by atoms with E-state index in [2.05, 4.69) is 10.2 Å². The van der Waals surface area contributed by atoms with E-state index in [9.17, 15) is 0 Å². The molecule has 1 heterocycles. The van der Waals surface area contributed by atoms with Gasteiger partial charge in [0, 0.05) is 23.5 Å². The van der Waals surface area contributed by atoms with Crippen LogP contribution in [0.25, 0.3) is 0 Å². The summed E-state index contributed by atoms with van der Waals surface area (Å²) in [4.78, 5) is 1.02. The van der Waals surface area contributed by atoms with E-state index >= 15 is 0 Å². The molecule has 1 aromatic heterocycles. The summed E-state index contributed by atoms with van der Waals surface area (Å²) in [5, 5.41) is 9.66. The fourth-order valence-corrected chi connectivity index (χ4v) is 2.62. The van der Waals surface area contributed by atoms with Crippen molar-refractivity contribution in [2.45, 2.75) is 23.5 Å². The number of aryl methyl sites for hydroxylation is 1. The molecule has 2 rings (SSSR count). The van der Waals surface area contributed by atoms with Gasteiger partial charge in [-0.2, -0.15) is 0 Å². The largest absolute Gasteiger partial charge is 0.326 e. The van der Waals surface area contributed by atoms with E-state index in [1.165, 1.54) is 11.8 Å². The highest BCUT2D eigenvalue weighted by Gasteiger charge is 2.10.